The minimum absolute atomic E-state index is 0.158. The van der Waals surface area contributed by atoms with Gasteiger partial charge in [-0.2, -0.15) is 0 Å². The van der Waals surface area contributed by atoms with E-state index in [0.29, 0.717) is 11.4 Å². The summed E-state index contributed by atoms with van der Waals surface area (Å²) in [7, 11) is -3.55. The van der Waals surface area contributed by atoms with Crippen molar-refractivity contribution in [1.82, 2.24) is 14.7 Å². The highest BCUT2D eigenvalue weighted by Crippen LogP contribution is 2.17. The second-order valence-corrected chi connectivity index (χ2v) is 5.69. The molecule has 0 radical (unpaired) electrons. The van der Waals surface area contributed by atoms with Gasteiger partial charge in [0.05, 0.1) is 17.8 Å². The molecule has 2 rings (SSSR count). The number of anilines is 1. The average molecular weight is 266 g/mol. The van der Waals surface area contributed by atoms with E-state index in [1.807, 2.05) is 6.92 Å². The number of imidazole rings is 1. The first kappa shape index (κ1) is 12.6. The molecule has 0 atom stereocenters. The lowest BCUT2D eigenvalue weighted by Gasteiger charge is -2.07. The van der Waals surface area contributed by atoms with Crippen LogP contribution in [-0.4, -0.2) is 18.4 Å². The van der Waals surface area contributed by atoms with Crippen LogP contribution in [0.2, 0.25) is 0 Å². The van der Waals surface area contributed by atoms with Gasteiger partial charge in [0, 0.05) is 17.6 Å². The number of aromatic amines is 1. The summed E-state index contributed by atoms with van der Waals surface area (Å²) in [6.07, 6.45) is 3.06. The summed E-state index contributed by atoms with van der Waals surface area (Å²) in [4.78, 5) is 6.79. The van der Waals surface area contributed by atoms with Crippen molar-refractivity contribution in [2.45, 2.75) is 18.4 Å². The van der Waals surface area contributed by atoms with Gasteiger partial charge in [0.1, 0.15) is 0 Å². The first-order chi connectivity index (χ1) is 8.49. The van der Waals surface area contributed by atoms with Crippen molar-refractivity contribution >= 4 is 15.7 Å². The minimum atomic E-state index is -3.55. The van der Waals surface area contributed by atoms with Gasteiger partial charge >= 0.3 is 0 Å². The molecule has 1 heterocycles. The molecule has 0 fully saturated rings. The molecule has 1 aromatic carbocycles. The third-order valence-corrected chi connectivity index (χ3v) is 3.97. The molecule has 0 aliphatic heterocycles. The zero-order chi connectivity index (χ0) is 13.2. The molecule has 0 aliphatic rings. The molecule has 18 heavy (non-hydrogen) atoms. The van der Waals surface area contributed by atoms with E-state index in [1.54, 1.807) is 12.3 Å². The fraction of sp³-hybridized carbons (Fsp3) is 0.182. The molecule has 6 nitrogen and oxygen atoms in total. The Morgan fingerprint density at radius 2 is 2.22 bits per heavy atom. The number of nitrogens with one attached hydrogen (secondary N) is 2. The Labute approximate surface area is 105 Å². The maximum Gasteiger partial charge on any atom is 0.240 e. The smallest absolute Gasteiger partial charge is 0.240 e. The van der Waals surface area contributed by atoms with E-state index in [9.17, 15) is 8.42 Å². The number of nitrogens with two attached hydrogens (primary N) is 1. The van der Waals surface area contributed by atoms with Crippen LogP contribution in [0.4, 0.5) is 5.69 Å². The van der Waals surface area contributed by atoms with Gasteiger partial charge in [0.2, 0.25) is 10.0 Å². The highest BCUT2D eigenvalue weighted by molar-refractivity contribution is 7.89. The summed E-state index contributed by atoms with van der Waals surface area (Å²) in [6.45, 7) is 1.99. The van der Waals surface area contributed by atoms with Crippen LogP contribution in [0.5, 0.6) is 0 Å². The molecule has 0 saturated carbocycles. The number of sulfonamides is 1. The van der Waals surface area contributed by atoms with E-state index in [4.69, 9.17) is 5.73 Å². The lowest BCUT2D eigenvalue weighted by atomic mass is 10.2. The highest BCUT2D eigenvalue weighted by Gasteiger charge is 2.14. The summed E-state index contributed by atoms with van der Waals surface area (Å²) in [5.41, 5.74) is 7.70. The van der Waals surface area contributed by atoms with Gasteiger partial charge in [-0.1, -0.05) is 6.07 Å². The summed E-state index contributed by atoms with van der Waals surface area (Å²) in [5.74, 6) is 0. The maximum atomic E-state index is 12.0. The number of benzene rings is 1. The van der Waals surface area contributed by atoms with Gasteiger partial charge in [-0.05, 0) is 24.6 Å². The summed E-state index contributed by atoms with van der Waals surface area (Å²) >= 11 is 0. The second kappa shape index (κ2) is 4.79. The van der Waals surface area contributed by atoms with E-state index in [0.717, 1.165) is 5.56 Å². The van der Waals surface area contributed by atoms with Gasteiger partial charge in [0.15, 0.2) is 0 Å². The van der Waals surface area contributed by atoms with Crippen molar-refractivity contribution < 1.29 is 8.42 Å². The number of aryl methyl sites for hydroxylation is 1. The predicted octanol–water partition coefficient (Wildman–Crippen LogP) is 0.779. The summed E-state index contributed by atoms with van der Waals surface area (Å²) < 4.78 is 26.4. The number of nitrogens with zero attached hydrogens (tertiary/aromatic N) is 1. The van der Waals surface area contributed by atoms with Crippen LogP contribution in [0.1, 0.15) is 11.3 Å². The number of aromatic nitrogens is 2. The molecule has 1 aromatic heterocycles. The molecule has 0 spiro atoms. The molecule has 0 unspecified atom stereocenters. The zero-order valence-corrected chi connectivity index (χ0v) is 10.7. The van der Waals surface area contributed by atoms with Crippen molar-refractivity contribution in [3.8, 4) is 0 Å². The van der Waals surface area contributed by atoms with E-state index < -0.39 is 10.0 Å². The van der Waals surface area contributed by atoms with Crippen LogP contribution in [0.15, 0.2) is 35.6 Å². The van der Waals surface area contributed by atoms with Crippen molar-refractivity contribution in [3.63, 3.8) is 0 Å². The Hall–Kier alpha value is -1.86. The van der Waals surface area contributed by atoms with Crippen molar-refractivity contribution in [1.29, 1.82) is 0 Å². The quantitative estimate of drug-likeness (QED) is 0.712. The molecular weight excluding hydrogens is 252 g/mol. The molecule has 4 N–H and O–H groups in total. The van der Waals surface area contributed by atoms with Gasteiger partial charge in [0.25, 0.3) is 0 Å². The van der Waals surface area contributed by atoms with Crippen LogP contribution < -0.4 is 10.5 Å². The van der Waals surface area contributed by atoms with Crippen LogP contribution in [0.3, 0.4) is 0 Å². The molecule has 96 valence electrons. The number of hydrogen-bond acceptors (Lipinski definition) is 4. The Morgan fingerprint density at radius 1 is 1.44 bits per heavy atom. The van der Waals surface area contributed by atoms with E-state index >= 15 is 0 Å². The number of rotatable bonds is 4. The van der Waals surface area contributed by atoms with E-state index in [-0.39, 0.29) is 11.4 Å². The van der Waals surface area contributed by atoms with E-state index in [1.165, 1.54) is 18.5 Å². The third kappa shape index (κ3) is 2.69. The second-order valence-electron chi connectivity index (χ2n) is 3.92. The van der Waals surface area contributed by atoms with Gasteiger partial charge in [-0.3, -0.25) is 0 Å². The molecular formula is C11H14N4O2S. The third-order valence-electron chi connectivity index (χ3n) is 2.57. The SMILES string of the molecule is Cc1ccc(S(=O)(=O)NCc2cnc[nH]2)cc1N. The number of hydrogen-bond donors (Lipinski definition) is 3. The Kier molecular flexibility index (Phi) is 3.35. The molecule has 0 bridgehead atoms. The van der Waals surface area contributed by atoms with Crippen LogP contribution in [-0.2, 0) is 16.6 Å². The monoisotopic (exact) mass is 266 g/mol. The average Bonchev–Trinajstić information content (AvgIpc) is 2.83. The van der Waals surface area contributed by atoms with Crippen LogP contribution >= 0.6 is 0 Å². The first-order valence-electron chi connectivity index (χ1n) is 5.32. The molecule has 0 amide bonds. The van der Waals surface area contributed by atoms with Crippen molar-refractivity contribution in [2.24, 2.45) is 0 Å². The predicted molar refractivity (Wildman–Crippen MR) is 68.2 cm³/mol. The topological polar surface area (TPSA) is 101 Å². The number of H-pyrrole nitrogens is 1. The summed E-state index contributed by atoms with van der Waals surface area (Å²) in [6, 6.07) is 4.66. The molecule has 2 aromatic rings. The standard InChI is InChI=1S/C11H14N4O2S/c1-8-2-3-10(4-11(8)12)18(16,17)15-6-9-5-13-7-14-9/h2-5,7,15H,6,12H2,1H3,(H,13,14). The summed E-state index contributed by atoms with van der Waals surface area (Å²) in [5, 5.41) is 0. The van der Waals surface area contributed by atoms with Gasteiger partial charge < -0.3 is 10.7 Å². The normalized spacial score (nSPS) is 11.6. The minimum Gasteiger partial charge on any atom is -0.398 e. The fourth-order valence-electron chi connectivity index (χ4n) is 1.42. The maximum absolute atomic E-state index is 12.0. The molecule has 0 aliphatic carbocycles. The lowest BCUT2D eigenvalue weighted by Crippen LogP contribution is -2.23. The highest BCUT2D eigenvalue weighted by atomic mass is 32.2. The lowest BCUT2D eigenvalue weighted by molar-refractivity contribution is 0.580. The van der Waals surface area contributed by atoms with Crippen molar-refractivity contribution in [2.75, 3.05) is 5.73 Å². The largest absolute Gasteiger partial charge is 0.398 e. The number of nitrogen functional groups attached to an aromatic ring is 1. The van der Waals surface area contributed by atoms with Crippen molar-refractivity contribution in [3.05, 3.63) is 42.0 Å². The first-order valence-corrected chi connectivity index (χ1v) is 6.80. The molecule has 7 heteroatoms. The Morgan fingerprint density at radius 3 is 2.83 bits per heavy atom. The fourth-order valence-corrected chi connectivity index (χ4v) is 2.46. The zero-order valence-electron chi connectivity index (χ0n) is 9.84. The van der Waals surface area contributed by atoms with Gasteiger partial charge in [-0.25, -0.2) is 18.1 Å². The Balaban J connectivity index is 2.17. The molecule has 0 saturated heterocycles. The van der Waals surface area contributed by atoms with Crippen LogP contribution in [0.25, 0.3) is 0 Å². The Bertz CT molecular complexity index is 635. The van der Waals surface area contributed by atoms with E-state index in [2.05, 4.69) is 14.7 Å². The van der Waals surface area contributed by atoms with Crippen LogP contribution in [0, 0.1) is 6.92 Å². The van der Waals surface area contributed by atoms with Gasteiger partial charge in [-0.15, -0.1) is 0 Å².